The molecule has 4 rings (SSSR count). The molecule has 0 aliphatic carbocycles. The number of benzene rings is 3. The highest BCUT2D eigenvalue weighted by molar-refractivity contribution is 8.00. The highest BCUT2D eigenvalue weighted by Gasteiger charge is 2.25. The molecule has 4 aromatic rings. The van der Waals surface area contributed by atoms with Gasteiger partial charge in [0.25, 0.3) is 0 Å². The first-order valence-electron chi connectivity index (χ1n) is 9.59. The molecule has 0 saturated heterocycles. The van der Waals surface area contributed by atoms with Crippen molar-refractivity contribution in [3.05, 3.63) is 96.1 Å². The standard InChI is InChI=1S/C23H19N5O2S/c1-16(29)18-11-8-12-19(15-18)24-22(30)21(17-9-4-2-5-10-17)31-23-25-26-27-28(23)20-13-6-3-7-14-20/h2-15,21H,1H3,(H,24,30). The molecule has 31 heavy (non-hydrogen) atoms. The zero-order valence-corrected chi connectivity index (χ0v) is 17.5. The van der Waals surface area contributed by atoms with Crippen molar-refractivity contribution in [1.29, 1.82) is 0 Å². The van der Waals surface area contributed by atoms with Crippen molar-refractivity contribution >= 4 is 29.1 Å². The Bertz CT molecular complexity index is 1190. The Balaban J connectivity index is 1.64. The Morgan fingerprint density at radius 1 is 0.935 bits per heavy atom. The van der Waals surface area contributed by atoms with E-state index in [9.17, 15) is 9.59 Å². The maximum absolute atomic E-state index is 13.3. The van der Waals surface area contributed by atoms with Crippen LogP contribution in [0.1, 0.15) is 28.1 Å². The number of aromatic nitrogens is 4. The normalized spacial score (nSPS) is 11.6. The molecular formula is C23H19N5O2S. The van der Waals surface area contributed by atoms with Crippen LogP contribution in [-0.2, 0) is 4.79 Å². The Kier molecular flexibility index (Phi) is 6.18. The van der Waals surface area contributed by atoms with Gasteiger partial charge in [0.15, 0.2) is 5.78 Å². The maximum atomic E-state index is 13.3. The van der Waals surface area contributed by atoms with Gasteiger partial charge in [-0.05, 0) is 47.2 Å². The van der Waals surface area contributed by atoms with Crippen LogP contribution >= 0.6 is 11.8 Å². The molecule has 1 heterocycles. The first-order valence-corrected chi connectivity index (χ1v) is 10.5. The van der Waals surface area contributed by atoms with Gasteiger partial charge in [-0.2, -0.15) is 4.68 Å². The summed E-state index contributed by atoms with van der Waals surface area (Å²) in [6.45, 7) is 1.49. The second-order valence-electron chi connectivity index (χ2n) is 6.74. The van der Waals surface area contributed by atoms with Crippen LogP contribution < -0.4 is 5.32 Å². The number of anilines is 1. The van der Waals surface area contributed by atoms with Gasteiger partial charge < -0.3 is 5.32 Å². The van der Waals surface area contributed by atoms with Gasteiger partial charge in [-0.15, -0.1) is 5.10 Å². The Hall–Kier alpha value is -3.78. The van der Waals surface area contributed by atoms with Crippen molar-refractivity contribution in [3.8, 4) is 5.69 Å². The average molecular weight is 430 g/mol. The number of hydrogen-bond donors (Lipinski definition) is 1. The zero-order chi connectivity index (χ0) is 21.6. The van der Waals surface area contributed by atoms with E-state index in [0.717, 1.165) is 11.3 Å². The van der Waals surface area contributed by atoms with Gasteiger partial charge >= 0.3 is 0 Å². The van der Waals surface area contributed by atoms with E-state index in [-0.39, 0.29) is 11.7 Å². The maximum Gasteiger partial charge on any atom is 0.242 e. The highest BCUT2D eigenvalue weighted by Crippen LogP contribution is 2.35. The minimum Gasteiger partial charge on any atom is -0.325 e. The van der Waals surface area contributed by atoms with E-state index < -0.39 is 5.25 Å². The minimum atomic E-state index is -0.601. The van der Waals surface area contributed by atoms with E-state index >= 15 is 0 Å². The van der Waals surface area contributed by atoms with E-state index in [2.05, 4.69) is 20.8 Å². The summed E-state index contributed by atoms with van der Waals surface area (Å²) in [7, 11) is 0. The number of carbonyl (C=O) groups excluding carboxylic acids is 2. The summed E-state index contributed by atoms with van der Waals surface area (Å²) in [5, 5.41) is 14.8. The highest BCUT2D eigenvalue weighted by atomic mass is 32.2. The lowest BCUT2D eigenvalue weighted by Crippen LogP contribution is -2.19. The Labute approximate surface area is 183 Å². The SMILES string of the molecule is CC(=O)c1cccc(NC(=O)C(Sc2nnnn2-c2ccccc2)c2ccccc2)c1. The average Bonchev–Trinajstić information content (AvgIpc) is 3.27. The van der Waals surface area contributed by atoms with Gasteiger partial charge in [0.05, 0.1) is 5.69 Å². The number of nitrogens with zero attached hydrogens (tertiary/aromatic N) is 4. The molecule has 1 unspecified atom stereocenters. The molecule has 154 valence electrons. The lowest BCUT2D eigenvalue weighted by Gasteiger charge is -2.17. The van der Waals surface area contributed by atoms with E-state index in [0.29, 0.717) is 16.4 Å². The molecule has 0 aliphatic rings. The number of thioether (sulfide) groups is 1. The van der Waals surface area contributed by atoms with E-state index in [4.69, 9.17) is 0 Å². The topological polar surface area (TPSA) is 89.8 Å². The molecule has 0 radical (unpaired) electrons. The fraction of sp³-hybridized carbons (Fsp3) is 0.0870. The van der Waals surface area contributed by atoms with Gasteiger partial charge in [-0.3, -0.25) is 9.59 Å². The lowest BCUT2D eigenvalue weighted by molar-refractivity contribution is -0.115. The molecule has 0 fully saturated rings. The number of hydrogen-bond acceptors (Lipinski definition) is 6. The van der Waals surface area contributed by atoms with Gasteiger partial charge in [-0.1, -0.05) is 72.4 Å². The Morgan fingerprint density at radius 2 is 1.65 bits per heavy atom. The summed E-state index contributed by atoms with van der Waals surface area (Å²) < 4.78 is 1.60. The zero-order valence-electron chi connectivity index (χ0n) is 16.7. The number of ketones is 1. The molecule has 0 bridgehead atoms. The first kappa shape index (κ1) is 20.5. The molecule has 1 amide bonds. The second kappa shape index (κ2) is 9.36. The fourth-order valence-electron chi connectivity index (χ4n) is 3.01. The van der Waals surface area contributed by atoms with Gasteiger partial charge in [0.2, 0.25) is 11.1 Å². The second-order valence-corrected chi connectivity index (χ2v) is 7.82. The molecule has 7 nitrogen and oxygen atoms in total. The predicted octanol–water partition coefficient (Wildman–Crippen LogP) is 4.34. The monoisotopic (exact) mass is 429 g/mol. The largest absolute Gasteiger partial charge is 0.325 e. The predicted molar refractivity (Wildman–Crippen MR) is 119 cm³/mol. The molecule has 1 atom stereocenters. The molecular weight excluding hydrogens is 410 g/mol. The van der Waals surface area contributed by atoms with E-state index in [1.54, 1.807) is 28.9 Å². The van der Waals surface area contributed by atoms with Crippen LogP contribution in [0.15, 0.2) is 90.1 Å². The molecule has 1 N–H and O–H groups in total. The third-order valence-electron chi connectivity index (χ3n) is 4.54. The van der Waals surface area contributed by atoms with Crippen molar-refractivity contribution in [1.82, 2.24) is 20.2 Å². The van der Waals surface area contributed by atoms with Crippen LogP contribution in [0.25, 0.3) is 5.69 Å². The van der Waals surface area contributed by atoms with Crippen molar-refractivity contribution in [2.45, 2.75) is 17.3 Å². The summed E-state index contributed by atoms with van der Waals surface area (Å²) in [5.74, 6) is -0.299. The van der Waals surface area contributed by atoms with Crippen molar-refractivity contribution < 1.29 is 9.59 Å². The number of para-hydroxylation sites is 1. The smallest absolute Gasteiger partial charge is 0.242 e. The summed E-state index contributed by atoms with van der Waals surface area (Å²) in [6.07, 6.45) is 0. The van der Waals surface area contributed by atoms with Gasteiger partial charge in [0, 0.05) is 11.3 Å². The van der Waals surface area contributed by atoms with Gasteiger partial charge in [-0.25, -0.2) is 0 Å². The molecule has 0 saturated carbocycles. The van der Waals surface area contributed by atoms with Crippen LogP contribution in [0.4, 0.5) is 5.69 Å². The molecule has 3 aromatic carbocycles. The van der Waals surface area contributed by atoms with Crippen molar-refractivity contribution in [2.24, 2.45) is 0 Å². The first-order chi connectivity index (χ1) is 15.1. The molecule has 1 aromatic heterocycles. The number of amides is 1. The van der Waals surface area contributed by atoms with E-state index in [1.807, 2.05) is 60.7 Å². The molecule has 8 heteroatoms. The lowest BCUT2D eigenvalue weighted by atomic mass is 10.1. The summed E-state index contributed by atoms with van der Waals surface area (Å²) in [4.78, 5) is 25.0. The number of Topliss-reactive ketones (excluding diaryl/α,β-unsaturated/α-hetero) is 1. The van der Waals surface area contributed by atoms with Gasteiger partial charge in [0.1, 0.15) is 5.25 Å². The number of carbonyl (C=O) groups is 2. The number of tetrazole rings is 1. The quantitative estimate of drug-likeness (QED) is 0.347. The van der Waals surface area contributed by atoms with Crippen LogP contribution in [-0.4, -0.2) is 31.9 Å². The number of rotatable bonds is 7. The fourth-order valence-corrected chi connectivity index (χ4v) is 4.01. The Morgan fingerprint density at radius 3 is 2.35 bits per heavy atom. The van der Waals surface area contributed by atoms with Crippen LogP contribution in [0.5, 0.6) is 0 Å². The minimum absolute atomic E-state index is 0.0629. The summed E-state index contributed by atoms with van der Waals surface area (Å²) in [6, 6.07) is 25.8. The van der Waals surface area contributed by atoms with E-state index in [1.165, 1.54) is 18.7 Å². The molecule has 0 aliphatic heterocycles. The third-order valence-corrected chi connectivity index (χ3v) is 5.73. The summed E-state index contributed by atoms with van der Waals surface area (Å²) in [5.41, 5.74) is 2.71. The van der Waals surface area contributed by atoms with Crippen LogP contribution in [0.3, 0.4) is 0 Å². The summed E-state index contributed by atoms with van der Waals surface area (Å²) >= 11 is 1.26. The number of nitrogens with one attached hydrogen (secondary N) is 1. The molecule has 0 spiro atoms. The van der Waals surface area contributed by atoms with Crippen LogP contribution in [0.2, 0.25) is 0 Å². The third kappa shape index (κ3) is 4.87. The van der Waals surface area contributed by atoms with Crippen LogP contribution in [0, 0.1) is 0 Å². The van der Waals surface area contributed by atoms with Crippen molar-refractivity contribution in [2.75, 3.05) is 5.32 Å². The van der Waals surface area contributed by atoms with Crippen molar-refractivity contribution in [3.63, 3.8) is 0 Å².